The summed E-state index contributed by atoms with van der Waals surface area (Å²) in [5.41, 5.74) is 1.71. The Kier molecular flexibility index (Phi) is 3.52. The molecule has 0 saturated carbocycles. The molecule has 112 valence electrons. The lowest BCUT2D eigenvalue weighted by Gasteiger charge is -2.36. The molecule has 21 heavy (non-hydrogen) atoms. The number of aromatic amines is 1. The van der Waals surface area contributed by atoms with Gasteiger partial charge in [-0.2, -0.15) is 0 Å². The summed E-state index contributed by atoms with van der Waals surface area (Å²) in [6.07, 6.45) is 4.24. The van der Waals surface area contributed by atoms with E-state index in [0.717, 1.165) is 48.3 Å². The number of likely N-dealkylation sites (tertiary alicyclic amines) is 1. The number of fused-ring (bicyclic) bond motifs is 1. The van der Waals surface area contributed by atoms with Gasteiger partial charge in [-0.15, -0.1) is 0 Å². The van der Waals surface area contributed by atoms with Crippen LogP contribution in [0.1, 0.15) is 39.2 Å². The molecule has 3 nitrogen and oxygen atoms in total. The van der Waals surface area contributed by atoms with Crippen LogP contribution in [0.5, 0.6) is 0 Å². The highest BCUT2D eigenvalue weighted by Crippen LogP contribution is 2.33. The number of nitrogens with zero attached hydrogens (tertiary/aromatic N) is 1. The normalized spacial score (nSPS) is 17.4. The molecular weight excluding hydrogens is 260 g/mol. The maximum atomic E-state index is 13.0. The zero-order valence-electron chi connectivity index (χ0n) is 13.1. The third-order valence-corrected chi connectivity index (χ3v) is 4.87. The topological polar surface area (TPSA) is 36.1 Å². The number of hydrogen-bond donors (Lipinski definition) is 1. The molecule has 0 spiro atoms. The van der Waals surface area contributed by atoms with Crippen LogP contribution in [0.25, 0.3) is 10.9 Å². The van der Waals surface area contributed by atoms with Crippen molar-refractivity contribution in [3.8, 4) is 0 Å². The second kappa shape index (κ2) is 5.21. The number of carbonyl (C=O) groups excluding carboxylic acids is 1. The van der Waals surface area contributed by atoms with Gasteiger partial charge in [0.15, 0.2) is 0 Å². The zero-order valence-corrected chi connectivity index (χ0v) is 13.1. The predicted octanol–water partition coefficient (Wildman–Crippen LogP) is 3.70. The molecule has 0 aliphatic carbocycles. The summed E-state index contributed by atoms with van der Waals surface area (Å²) in [7, 11) is 0. The molecule has 0 atom stereocenters. The van der Waals surface area contributed by atoms with Crippen molar-refractivity contribution < 1.29 is 4.79 Å². The number of rotatable bonds is 2. The Hall–Kier alpha value is -1.77. The SMILES string of the molecule is CC1CCN(C(=O)C(C)(C)c2c[nH]c3ccccc23)CC1. The molecule has 0 bridgehead atoms. The van der Waals surface area contributed by atoms with Crippen LogP contribution in [0, 0.1) is 5.92 Å². The largest absolute Gasteiger partial charge is 0.361 e. The summed E-state index contributed by atoms with van der Waals surface area (Å²) in [4.78, 5) is 18.3. The highest BCUT2D eigenvalue weighted by molar-refractivity contribution is 5.94. The molecule has 1 fully saturated rings. The van der Waals surface area contributed by atoms with Crippen LogP contribution >= 0.6 is 0 Å². The van der Waals surface area contributed by atoms with Crippen LogP contribution in [-0.2, 0) is 10.2 Å². The van der Waals surface area contributed by atoms with E-state index in [1.165, 1.54) is 0 Å². The molecule has 1 amide bonds. The number of benzene rings is 1. The third-order valence-electron chi connectivity index (χ3n) is 4.87. The Morgan fingerprint density at radius 2 is 1.90 bits per heavy atom. The van der Waals surface area contributed by atoms with Crippen molar-refractivity contribution in [2.45, 2.75) is 39.0 Å². The van der Waals surface area contributed by atoms with Crippen LogP contribution in [0.15, 0.2) is 30.5 Å². The van der Waals surface area contributed by atoms with Crippen LogP contribution in [0.4, 0.5) is 0 Å². The van der Waals surface area contributed by atoms with E-state index in [9.17, 15) is 4.79 Å². The summed E-state index contributed by atoms with van der Waals surface area (Å²) in [5, 5.41) is 1.15. The van der Waals surface area contributed by atoms with Gasteiger partial charge in [-0.1, -0.05) is 25.1 Å². The first-order chi connectivity index (χ1) is 10.00. The minimum atomic E-state index is -0.486. The van der Waals surface area contributed by atoms with Crippen molar-refractivity contribution in [1.82, 2.24) is 9.88 Å². The Bertz CT molecular complexity index is 648. The number of aromatic nitrogens is 1. The number of para-hydroxylation sites is 1. The van der Waals surface area contributed by atoms with Gasteiger partial charge in [-0.25, -0.2) is 0 Å². The lowest BCUT2D eigenvalue weighted by Crippen LogP contribution is -2.46. The fraction of sp³-hybridized carbons (Fsp3) is 0.500. The fourth-order valence-corrected chi connectivity index (χ4v) is 3.31. The van der Waals surface area contributed by atoms with E-state index < -0.39 is 5.41 Å². The average Bonchev–Trinajstić information content (AvgIpc) is 2.92. The van der Waals surface area contributed by atoms with Gasteiger partial charge in [0.05, 0.1) is 5.41 Å². The second-order valence-electron chi connectivity index (χ2n) is 6.85. The van der Waals surface area contributed by atoms with Gasteiger partial charge >= 0.3 is 0 Å². The van der Waals surface area contributed by atoms with E-state index in [2.05, 4.69) is 24.0 Å². The van der Waals surface area contributed by atoms with Gasteiger partial charge in [0.2, 0.25) is 5.91 Å². The van der Waals surface area contributed by atoms with Crippen LogP contribution in [0.3, 0.4) is 0 Å². The minimum Gasteiger partial charge on any atom is -0.361 e. The van der Waals surface area contributed by atoms with Crippen LogP contribution < -0.4 is 0 Å². The predicted molar refractivity (Wildman–Crippen MR) is 86.3 cm³/mol. The number of H-pyrrole nitrogens is 1. The Balaban J connectivity index is 1.90. The lowest BCUT2D eigenvalue weighted by molar-refractivity contribution is -0.137. The van der Waals surface area contributed by atoms with E-state index in [-0.39, 0.29) is 5.91 Å². The van der Waals surface area contributed by atoms with E-state index >= 15 is 0 Å². The second-order valence-corrected chi connectivity index (χ2v) is 6.85. The number of amides is 1. The summed E-state index contributed by atoms with van der Waals surface area (Å²) in [6.45, 7) is 8.15. The molecule has 1 N–H and O–H groups in total. The Labute approximate surface area is 126 Å². The summed E-state index contributed by atoms with van der Waals surface area (Å²) in [6, 6.07) is 8.20. The van der Waals surface area contributed by atoms with Crippen molar-refractivity contribution >= 4 is 16.8 Å². The van der Waals surface area contributed by atoms with E-state index in [4.69, 9.17) is 0 Å². The molecular formula is C18H24N2O. The molecule has 1 aromatic carbocycles. The van der Waals surface area contributed by atoms with E-state index in [1.54, 1.807) is 0 Å². The van der Waals surface area contributed by atoms with Crippen molar-refractivity contribution in [3.05, 3.63) is 36.0 Å². The molecule has 2 aromatic rings. The monoisotopic (exact) mass is 284 g/mol. The molecule has 3 rings (SSSR count). The Morgan fingerprint density at radius 3 is 2.62 bits per heavy atom. The van der Waals surface area contributed by atoms with E-state index in [1.807, 2.05) is 37.1 Å². The third kappa shape index (κ3) is 2.45. The smallest absolute Gasteiger partial charge is 0.232 e. The quantitative estimate of drug-likeness (QED) is 0.896. The number of carbonyl (C=O) groups is 1. The maximum absolute atomic E-state index is 13.0. The molecule has 1 aliphatic heterocycles. The molecule has 3 heteroatoms. The molecule has 1 aromatic heterocycles. The first-order valence-electron chi connectivity index (χ1n) is 7.86. The summed E-state index contributed by atoms with van der Waals surface area (Å²) < 4.78 is 0. The van der Waals surface area contributed by atoms with Gasteiger partial charge in [-0.3, -0.25) is 4.79 Å². The van der Waals surface area contributed by atoms with Crippen molar-refractivity contribution in [2.24, 2.45) is 5.92 Å². The molecule has 2 heterocycles. The number of nitrogens with one attached hydrogen (secondary N) is 1. The van der Waals surface area contributed by atoms with Crippen molar-refractivity contribution in [3.63, 3.8) is 0 Å². The van der Waals surface area contributed by atoms with Crippen molar-refractivity contribution in [2.75, 3.05) is 13.1 Å². The first-order valence-corrected chi connectivity index (χ1v) is 7.86. The van der Waals surface area contributed by atoms with Gasteiger partial charge < -0.3 is 9.88 Å². The zero-order chi connectivity index (χ0) is 15.0. The molecule has 1 saturated heterocycles. The van der Waals surface area contributed by atoms with Crippen LogP contribution in [-0.4, -0.2) is 28.9 Å². The highest BCUT2D eigenvalue weighted by atomic mass is 16.2. The average molecular weight is 284 g/mol. The standard InChI is InChI=1S/C18H24N2O/c1-13-8-10-20(11-9-13)17(21)18(2,3)15-12-19-16-7-5-4-6-14(15)16/h4-7,12-13,19H,8-11H2,1-3H3. The van der Waals surface area contributed by atoms with Gasteiger partial charge in [-0.05, 0) is 44.2 Å². The summed E-state index contributed by atoms with van der Waals surface area (Å²) >= 11 is 0. The fourth-order valence-electron chi connectivity index (χ4n) is 3.31. The van der Waals surface area contributed by atoms with Crippen LogP contribution in [0.2, 0.25) is 0 Å². The Morgan fingerprint density at radius 1 is 1.24 bits per heavy atom. The molecule has 1 aliphatic rings. The van der Waals surface area contributed by atoms with Crippen molar-refractivity contribution in [1.29, 1.82) is 0 Å². The van der Waals surface area contributed by atoms with Gasteiger partial charge in [0.1, 0.15) is 0 Å². The number of hydrogen-bond acceptors (Lipinski definition) is 1. The number of piperidine rings is 1. The minimum absolute atomic E-state index is 0.249. The highest BCUT2D eigenvalue weighted by Gasteiger charge is 2.36. The molecule has 0 radical (unpaired) electrons. The van der Waals surface area contributed by atoms with E-state index in [0.29, 0.717) is 0 Å². The van der Waals surface area contributed by atoms with Gasteiger partial charge in [0.25, 0.3) is 0 Å². The van der Waals surface area contributed by atoms with Gasteiger partial charge in [0, 0.05) is 30.2 Å². The first kappa shape index (κ1) is 14.2. The summed E-state index contributed by atoms with van der Waals surface area (Å²) in [5.74, 6) is 0.990. The molecule has 0 unspecified atom stereocenters. The maximum Gasteiger partial charge on any atom is 0.232 e. The lowest BCUT2D eigenvalue weighted by atomic mass is 9.82.